The molecule has 58 heavy (non-hydrogen) atoms. The number of carbonyl (C=O) groups is 2. The van der Waals surface area contributed by atoms with E-state index in [9.17, 15) is 39.9 Å². The first-order chi connectivity index (χ1) is 27.8. The molecule has 6 rings (SSSR count). The molecule has 2 saturated carbocycles. The zero-order valence-corrected chi connectivity index (χ0v) is 32.5. The number of hydrogen-bond donors (Lipinski definition) is 2. The van der Waals surface area contributed by atoms with Gasteiger partial charge in [0.05, 0.1) is 11.1 Å². The lowest BCUT2D eigenvalue weighted by Gasteiger charge is -2.37. The number of carbonyl (C=O) groups excluding carboxylic acids is 2. The molecule has 0 saturated heterocycles. The number of esters is 2. The molecule has 2 fully saturated rings. The van der Waals surface area contributed by atoms with Crippen molar-refractivity contribution in [3.63, 3.8) is 0 Å². The van der Waals surface area contributed by atoms with Crippen molar-refractivity contribution in [2.24, 2.45) is 46.4 Å². The molecule has 2 aromatic heterocycles. The van der Waals surface area contributed by atoms with Gasteiger partial charge in [0.2, 0.25) is 11.8 Å². The van der Waals surface area contributed by atoms with Gasteiger partial charge in [-0.05, 0) is 101 Å². The quantitative estimate of drug-likeness (QED) is 0.123. The van der Waals surface area contributed by atoms with E-state index >= 15 is 0 Å². The zero-order chi connectivity index (χ0) is 41.7. The molecule has 0 radical (unpaired) electrons. The Balaban J connectivity index is 1.01. The molecule has 0 amide bonds. The molecule has 0 spiro atoms. The van der Waals surface area contributed by atoms with Crippen molar-refractivity contribution in [1.82, 2.24) is 9.13 Å². The monoisotopic (exact) mass is 786 g/mol. The van der Waals surface area contributed by atoms with Crippen molar-refractivity contribution < 1.29 is 29.3 Å². The van der Waals surface area contributed by atoms with Crippen LogP contribution in [0.5, 0.6) is 11.8 Å². The highest BCUT2D eigenvalue weighted by molar-refractivity contribution is 5.95. The maximum Gasteiger partial charge on any atom is 0.340 e. The summed E-state index contributed by atoms with van der Waals surface area (Å²) in [5, 5.41) is 55.7. The maximum atomic E-state index is 13.3. The lowest BCUT2D eigenvalue weighted by molar-refractivity contribution is -0.0000799. The predicted octanol–water partition coefficient (Wildman–Crippen LogP) is 7.82. The van der Waals surface area contributed by atoms with Gasteiger partial charge in [-0.3, -0.25) is 18.7 Å². The van der Waals surface area contributed by atoms with Gasteiger partial charge in [-0.25, -0.2) is 9.59 Å². The molecule has 2 N–H and O–H groups in total. The first kappa shape index (κ1) is 40.7. The van der Waals surface area contributed by atoms with Crippen LogP contribution in [-0.4, -0.2) is 43.5 Å². The van der Waals surface area contributed by atoms with E-state index in [-0.39, 0.29) is 68.3 Å². The fourth-order valence-electron chi connectivity index (χ4n) is 7.70. The Morgan fingerprint density at radius 1 is 0.621 bits per heavy atom. The van der Waals surface area contributed by atoms with Crippen LogP contribution in [0.15, 0.2) is 78.6 Å². The van der Waals surface area contributed by atoms with Crippen LogP contribution in [0.3, 0.4) is 0 Å². The van der Waals surface area contributed by atoms with Crippen molar-refractivity contribution in [1.29, 1.82) is 10.5 Å². The van der Waals surface area contributed by atoms with E-state index < -0.39 is 34.8 Å². The Bertz CT molecular complexity index is 2350. The Labute approximate surface area is 333 Å². The highest BCUT2D eigenvalue weighted by Crippen LogP contribution is 2.40. The second kappa shape index (κ2) is 17.5. The van der Waals surface area contributed by atoms with E-state index in [1.807, 2.05) is 12.1 Å². The standard InChI is InChI=1S/C42H42N8O8/c1-23-31(21-43)37(51)49(3)39(53)35(23)47-45-33-11-7-5-9-29(33)41(55)57-27-17-13-25(14-18-27)26-15-19-28(20-16-26)58-42(56)30-10-6-8-12-34(30)46-48-36-24(2)32(22-44)38(52)50(4)40(36)54/h5-12,25-28,51-52H,13-20H2,1-4H3. The Morgan fingerprint density at radius 3 is 1.31 bits per heavy atom. The number of aromatic hydroxyl groups is 2. The van der Waals surface area contributed by atoms with Gasteiger partial charge in [-0.15, -0.1) is 20.5 Å². The van der Waals surface area contributed by atoms with Gasteiger partial charge < -0.3 is 19.7 Å². The third-order valence-corrected chi connectivity index (χ3v) is 11.2. The fourth-order valence-corrected chi connectivity index (χ4v) is 7.70. The first-order valence-electron chi connectivity index (χ1n) is 18.9. The number of ether oxygens (including phenoxy) is 2. The van der Waals surface area contributed by atoms with Crippen LogP contribution in [-0.2, 0) is 23.6 Å². The fraction of sp³-hybridized carbons (Fsp3) is 0.381. The summed E-state index contributed by atoms with van der Waals surface area (Å²) in [7, 11) is 2.64. The third-order valence-electron chi connectivity index (χ3n) is 11.2. The molecule has 16 nitrogen and oxygen atoms in total. The minimum absolute atomic E-state index is 0.0919. The van der Waals surface area contributed by atoms with Gasteiger partial charge in [0, 0.05) is 25.2 Å². The summed E-state index contributed by atoms with van der Waals surface area (Å²) in [6.45, 7) is 2.98. The summed E-state index contributed by atoms with van der Waals surface area (Å²) in [6.07, 6.45) is 5.80. The SMILES string of the molecule is Cc1c(C#N)c(O)n(C)c(=O)c1N=Nc1ccccc1C(=O)OC1CCC(C2CCC(OC(=O)c3ccccc3N=Nc3c(C)c(C#N)c(O)n(C)c3=O)CC2)CC1. The summed E-state index contributed by atoms with van der Waals surface area (Å²) in [5.74, 6) is -1.14. The molecular weight excluding hydrogens is 745 g/mol. The van der Waals surface area contributed by atoms with E-state index in [0.29, 0.717) is 37.5 Å². The molecule has 2 aromatic carbocycles. The van der Waals surface area contributed by atoms with E-state index in [1.165, 1.54) is 27.9 Å². The van der Waals surface area contributed by atoms with Gasteiger partial charge in [-0.2, -0.15) is 10.5 Å². The van der Waals surface area contributed by atoms with Gasteiger partial charge in [0.25, 0.3) is 11.1 Å². The van der Waals surface area contributed by atoms with E-state index in [2.05, 4.69) is 20.5 Å². The van der Waals surface area contributed by atoms with Crippen molar-refractivity contribution in [2.45, 2.75) is 77.4 Å². The van der Waals surface area contributed by atoms with E-state index in [4.69, 9.17) is 9.47 Å². The van der Waals surface area contributed by atoms with Crippen LogP contribution in [0.2, 0.25) is 0 Å². The molecule has 298 valence electrons. The number of rotatable bonds is 9. The van der Waals surface area contributed by atoms with Crippen LogP contribution in [0.4, 0.5) is 22.7 Å². The summed E-state index contributed by atoms with van der Waals surface area (Å²) in [5.41, 5.74) is -0.575. The van der Waals surface area contributed by atoms with Gasteiger partial charge in [0.1, 0.15) is 46.8 Å². The van der Waals surface area contributed by atoms with E-state index in [0.717, 1.165) is 34.8 Å². The van der Waals surface area contributed by atoms with Crippen LogP contribution in [0, 0.1) is 48.3 Å². The van der Waals surface area contributed by atoms with Crippen molar-refractivity contribution in [3.05, 3.63) is 103 Å². The van der Waals surface area contributed by atoms with Crippen molar-refractivity contribution in [3.8, 4) is 23.9 Å². The number of nitriles is 2. The maximum absolute atomic E-state index is 13.3. The molecular formula is C42H42N8O8. The Kier molecular flexibility index (Phi) is 12.3. The van der Waals surface area contributed by atoms with Gasteiger partial charge in [0.15, 0.2) is 11.4 Å². The van der Waals surface area contributed by atoms with Crippen LogP contribution >= 0.6 is 0 Å². The smallest absolute Gasteiger partial charge is 0.340 e. The number of hydrogen-bond acceptors (Lipinski definition) is 14. The minimum Gasteiger partial charge on any atom is -0.493 e. The molecule has 0 atom stereocenters. The lowest BCUT2D eigenvalue weighted by Crippen LogP contribution is -2.32. The molecule has 2 aliphatic carbocycles. The number of nitrogens with zero attached hydrogens (tertiary/aromatic N) is 8. The molecule has 0 bridgehead atoms. The topological polar surface area (TPSA) is 234 Å². The largest absolute Gasteiger partial charge is 0.493 e. The molecule has 0 aliphatic heterocycles. The number of benzene rings is 2. The summed E-state index contributed by atoms with van der Waals surface area (Å²) >= 11 is 0. The average molecular weight is 787 g/mol. The first-order valence-corrected chi connectivity index (χ1v) is 18.9. The van der Waals surface area contributed by atoms with Crippen molar-refractivity contribution in [2.75, 3.05) is 0 Å². The van der Waals surface area contributed by atoms with E-state index in [1.54, 1.807) is 48.5 Å². The minimum atomic E-state index is -0.638. The highest BCUT2D eigenvalue weighted by Gasteiger charge is 2.34. The number of azo groups is 2. The molecule has 0 unspecified atom stereocenters. The number of aromatic nitrogens is 2. The summed E-state index contributed by atoms with van der Waals surface area (Å²) < 4.78 is 13.7. The van der Waals surface area contributed by atoms with Crippen molar-refractivity contribution >= 4 is 34.7 Å². The van der Waals surface area contributed by atoms with Gasteiger partial charge in [-0.1, -0.05) is 24.3 Å². The zero-order valence-electron chi connectivity index (χ0n) is 32.5. The Morgan fingerprint density at radius 2 is 0.966 bits per heavy atom. The molecule has 2 aliphatic rings. The lowest BCUT2D eigenvalue weighted by atomic mass is 9.72. The van der Waals surface area contributed by atoms with Gasteiger partial charge >= 0.3 is 11.9 Å². The normalized spacial score (nSPS) is 19.4. The molecule has 2 heterocycles. The number of pyridine rings is 2. The third kappa shape index (κ3) is 8.27. The molecule has 4 aromatic rings. The second-order valence-corrected chi connectivity index (χ2v) is 14.6. The summed E-state index contributed by atoms with van der Waals surface area (Å²) in [4.78, 5) is 52.2. The average Bonchev–Trinajstić information content (AvgIpc) is 3.23. The van der Waals surface area contributed by atoms with Crippen LogP contribution in [0.25, 0.3) is 0 Å². The van der Waals surface area contributed by atoms with Crippen LogP contribution < -0.4 is 11.1 Å². The predicted molar refractivity (Wildman–Crippen MR) is 209 cm³/mol. The second-order valence-electron chi connectivity index (χ2n) is 14.6. The molecule has 16 heteroatoms. The summed E-state index contributed by atoms with van der Waals surface area (Å²) in [6, 6.07) is 16.8. The highest BCUT2D eigenvalue weighted by atomic mass is 16.5. The Hall–Kier alpha value is -6.94. The van der Waals surface area contributed by atoms with Crippen LogP contribution in [0.1, 0.15) is 94.3 Å².